The van der Waals surface area contributed by atoms with E-state index in [1.807, 2.05) is 14.1 Å². The van der Waals surface area contributed by atoms with Crippen LogP contribution in [0.4, 0.5) is 0 Å². The minimum atomic E-state index is -0.981. The Morgan fingerprint density at radius 3 is 2.43 bits per heavy atom. The summed E-state index contributed by atoms with van der Waals surface area (Å²) in [6.45, 7) is 4.89. The van der Waals surface area contributed by atoms with Crippen molar-refractivity contribution in [3.05, 3.63) is 42.0 Å². The molecule has 21 heavy (non-hydrogen) atoms. The van der Waals surface area contributed by atoms with E-state index in [4.69, 9.17) is 4.74 Å². The number of hydrogen-bond donors (Lipinski definition) is 1. The predicted molar refractivity (Wildman–Crippen MR) is 84.9 cm³/mol. The molecule has 0 radical (unpaired) electrons. The highest BCUT2D eigenvalue weighted by Crippen LogP contribution is 2.14. The smallest absolute Gasteiger partial charge is 0.185 e. The van der Waals surface area contributed by atoms with E-state index in [9.17, 15) is 9.90 Å². The van der Waals surface area contributed by atoms with E-state index in [2.05, 4.69) is 4.90 Å². The molecular formula is C17H25NO3. The standard InChI is InChI=1S/C17H25NO3/c1-17(2,20)11-10-16(19)14-6-8-15(9-7-14)21-13-5-12-18(3)4/h6-11,20H,5,12-13H2,1-4H3/b11-10+. The van der Waals surface area contributed by atoms with Gasteiger partial charge in [0.15, 0.2) is 5.78 Å². The Morgan fingerprint density at radius 1 is 1.29 bits per heavy atom. The second kappa shape index (κ2) is 7.96. The first-order valence-corrected chi connectivity index (χ1v) is 7.11. The second-order valence-corrected chi connectivity index (χ2v) is 5.88. The average molecular weight is 291 g/mol. The van der Waals surface area contributed by atoms with Gasteiger partial charge >= 0.3 is 0 Å². The van der Waals surface area contributed by atoms with Crippen LogP contribution < -0.4 is 4.74 Å². The summed E-state index contributed by atoms with van der Waals surface area (Å²) in [5.74, 6) is 0.632. The number of ether oxygens (including phenoxy) is 1. The van der Waals surface area contributed by atoms with Crippen LogP contribution in [0.2, 0.25) is 0 Å². The topological polar surface area (TPSA) is 49.8 Å². The molecule has 0 atom stereocenters. The normalized spacial score (nSPS) is 12.1. The van der Waals surface area contributed by atoms with Crippen LogP contribution in [-0.4, -0.2) is 48.6 Å². The quantitative estimate of drug-likeness (QED) is 0.454. The number of nitrogens with zero attached hydrogens (tertiary/aromatic N) is 1. The fourth-order valence-corrected chi connectivity index (χ4v) is 1.66. The van der Waals surface area contributed by atoms with Gasteiger partial charge in [-0.1, -0.05) is 0 Å². The molecule has 4 nitrogen and oxygen atoms in total. The number of rotatable bonds is 8. The fourth-order valence-electron chi connectivity index (χ4n) is 1.66. The van der Waals surface area contributed by atoms with Crippen molar-refractivity contribution in [2.75, 3.05) is 27.2 Å². The summed E-state index contributed by atoms with van der Waals surface area (Å²) in [6.07, 6.45) is 3.84. The lowest BCUT2D eigenvalue weighted by molar-refractivity contribution is 0.103. The fraction of sp³-hybridized carbons (Fsp3) is 0.471. The molecule has 4 heteroatoms. The van der Waals surface area contributed by atoms with E-state index in [0.29, 0.717) is 12.2 Å². The van der Waals surface area contributed by atoms with Crippen LogP contribution in [0.1, 0.15) is 30.6 Å². The first-order valence-electron chi connectivity index (χ1n) is 7.11. The van der Waals surface area contributed by atoms with Crippen LogP contribution in [0.25, 0.3) is 0 Å². The van der Waals surface area contributed by atoms with Gasteiger partial charge in [0.1, 0.15) is 5.75 Å². The predicted octanol–water partition coefficient (Wildman–Crippen LogP) is 2.53. The van der Waals surface area contributed by atoms with E-state index in [0.717, 1.165) is 18.7 Å². The number of allylic oxidation sites excluding steroid dienone is 1. The van der Waals surface area contributed by atoms with Gasteiger partial charge < -0.3 is 14.7 Å². The van der Waals surface area contributed by atoms with Gasteiger partial charge in [-0.15, -0.1) is 0 Å². The molecule has 116 valence electrons. The van der Waals surface area contributed by atoms with Gasteiger partial charge in [-0.2, -0.15) is 0 Å². The van der Waals surface area contributed by atoms with E-state index >= 15 is 0 Å². The Labute approximate surface area is 127 Å². The van der Waals surface area contributed by atoms with Gasteiger partial charge in [0.05, 0.1) is 12.2 Å². The maximum atomic E-state index is 11.9. The Kier molecular flexibility index (Phi) is 6.59. The molecular weight excluding hydrogens is 266 g/mol. The lowest BCUT2D eigenvalue weighted by Gasteiger charge is -2.11. The molecule has 0 aliphatic rings. The molecule has 0 saturated heterocycles. The molecule has 0 bridgehead atoms. The Bertz CT molecular complexity index is 470. The van der Waals surface area contributed by atoms with Crippen molar-refractivity contribution in [1.29, 1.82) is 0 Å². The second-order valence-electron chi connectivity index (χ2n) is 5.88. The van der Waals surface area contributed by atoms with E-state index in [1.54, 1.807) is 38.1 Å². The molecule has 0 aromatic heterocycles. The van der Waals surface area contributed by atoms with Crippen molar-refractivity contribution in [3.63, 3.8) is 0 Å². The van der Waals surface area contributed by atoms with Crippen LogP contribution in [-0.2, 0) is 0 Å². The number of carbonyl (C=O) groups is 1. The van der Waals surface area contributed by atoms with Crippen LogP contribution in [0.3, 0.4) is 0 Å². The largest absolute Gasteiger partial charge is 0.494 e. The van der Waals surface area contributed by atoms with Gasteiger partial charge in [0.2, 0.25) is 0 Å². The summed E-state index contributed by atoms with van der Waals surface area (Å²) in [7, 11) is 4.06. The minimum absolute atomic E-state index is 0.128. The highest BCUT2D eigenvalue weighted by Gasteiger charge is 2.08. The average Bonchev–Trinajstić information content (AvgIpc) is 2.40. The molecule has 0 amide bonds. The zero-order valence-electron chi connectivity index (χ0n) is 13.3. The van der Waals surface area contributed by atoms with Crippen LogP contribution in [0.15, 0.2) is 36.4 Å². The van der Waals surface area contributed by atoms with Gasteiger partial charge in [-0.3, -0.25) is 4.79 Å². The molecule has 0 saturated carbocycles. The highest BCUT2D eigenvalue weighted by molar-refractivity contribution is 6.04. The highest BCUT2D eigenvalue weighted by atomic mass is 16.5. The lowest BCUT2D eigenvalue weighted by atomic mass is 10.1. The third-order valence-corrected chi connectivity index (χ3v) is 2.80. The first kappa shape index (κ1) is 17.4. The van der Waals surface area contributed by atoms with Gasteiger partial charge in [0, 0.05) is 12.1 Å². The minimum Gasteiger partial charge on any atom is -0.494 e. The molecule has 0 unspecified atom stereocenters. The third-order valence-electron chi connectivity index (χ3n) is 2.80. The number of carbonyl (C=O) groups excluding carboxylic acids is 1. The zero-order valence-corrected chi connectivity index (χ0v) is 13.3. The maximum absolute atomic E-state index is 11.9. The monoisotopic (exact) mass is 291 g/mol. The molecule has 0 aliphatic carbocycles. The van der Waals surface area contributed by atoms with Crippen molar-refractivity contribution in [1.82, 2.24) is 4.90 Å². The Hall–Kier alpha value is -1.65. The summed E-state index contributed by atoms with van der Waals surface area (Å²) in [5.41, 5.74) is -0.401. The molecule has 0 heterocycles. The summed E-state index contributed by atoms with van der Waals surface area (Å²) < 4.78 is 5.61. The summed E-state index contributed by atoms with van der Waals surface area (Å²) in [5, 5.41) is 9.55. The lowest BCUT2D eigenvalue weighted by Crippen LogP contribution is -2.15. The van der Waals surface area contributed by atoms with Crippen LogP contribution >= 0.6 is 0 Å². The van der Waals surface area contributed by atoms with E-state index < -0.39 is 5.60 Å². The van der Waals surface area contributed by atoms with E-state index in [-0.39, 0.29) is 5.78 Å². The SMILES string of the molecule is CN(C)CCCOc1ccc(C(=O)/C=C/C(C)(C)O)cc1. The number of ketones is 1. The first-order chi connectivity index (χ1) is 9.78. The van der Waals surface area contributed by atoms with Crippen LogP contribution in [0, 0.1) is 0 Å². The van der Waals surface area contributed by atoms with Gasteiger partial charge in [-0.25, -0.2) is 0 Å². The van der Waals surface area contributed by atoms with Crippen molar-refractivity contribution in [3.8, 4) is 5.75 Å². The number of benzene rings is 1. The summed E-state index contributed by atoms with van der Waals surface area (Å²) >= 11 is 0. The maximum Gasteiger partial charge on any atom is 0.185 e. The summed E-state index contributed by atoms with van der Waals surface area (Å²) in [6, 6.07) is 7.05. The molecule has 1 rings (SSSR count). The Morgan fingerprint density at radius 2 is 1.90 bits per heavy atom. The molecule has 0 aliphatic heterocycles. The van der Waals surface area contributed by atoms with E-state index in [1.165, 1.54) is 12.2 Å². The van der Waals surface area contributed by atoms with Gasteiger partial charge in [0.25, 0.3) is 0 Å². The Balaban J connectivity index is 2.50. The van der Waals surface area contributed by atoms with Crippen molar-refractivity contribution in [2.24, 2.45) is 0 Å². The number of aliphatic hydroxyl groups is 1. The molecule has 0 spiro atoms. The third kappa shape index (κ3) is 7.63. The zero-order chi connectivity index (χ0) is 15.9. The molecule has 1 aromatic carbocycles. The number of hydrogen-bond acceptors (Lipinski definition) is 4. The van der Waals surface area contributed by atoms with Crippen molar-refractivity contribution < 1.29 is 14.6 Å². The molecule has 1 N–H and O–H groups in total. The van der Waals surface area contributed by atoms with Gasteiger partial charge in [-0.05, 0) is 70.8 Å². The van der Waals surface area contributed by atoms with Crippen molar-refractivity contribution in [2.45, 2.75) is 25.9 Å². The van der Waals surface area contributed by atoms with Crippen molar-refractivity contribution >= 4 is 5.78 Å². The molecule has 1 aromatic rings. The molecule has 0 fully saturated rings. The van der Waals surface area contributed by atoms with Crippen LogP contribution in [0.5, 0.6) is 5.75 Å². The summed E-state index contributed by atoms with van der Waals surface area (Å²) in [4.78, 5) is 14.0.